The fraction of sp³-hybridized carbons (Fsp3) is 0.111. The normalized spacial score (nSPS) is 10.4. The zero-order valence-electron chi connectivity index (χ0n) is 7.56. The first kappa shape index (κ1) is 8.96. The van der Waals surface area contributed by atoms with Gasteiger partial charge in [0.05, 0.1) is 0 Å². The van der Waals surface area contributed by atoms with E-state index in [1.807, 2.05) is 6.07 Å². The highest BCUT2D eigenvalue weighted by atomic mass is 32.1. The molecule has 14 heavy (non-hydrogen) atoms. The number of nitrogens with one attached hydrogen (secondary N) is 1. The molecule has 2 rings (SSSR count). The molecule has 0 amide bonds. The van der Waals surface area contributed by atoms with Crippen molar-refractivity contribution in [2.45, 2.75) is 0 Å². The van der Waals surface area contributed by atoms with E-state index in [-0.39, 0.29) is 5.75 Å². The number of hydrogen-bond donors (Lipinski definition) is 2. The average Bonchev–Trinajstić information content (AvgIpc) is 2.47. The number of phenols is 1. The van der Waals surface area contributed by atoms with Gasteiger partial charge in [0.1, 0.15) is 5.75 Å². The van der Waals surface area contributed by atoms with Crippen molar-refractivity contribution in [3.05, 3.63) is 29.0 Å². The van der Waals surface area contributed by atoms with Gasteiger partial charge in [-0.25, -0.2) is 0 Å². The number of H-pyrrole nitrogens is 1. The largest absolute Gasteiger partial charge is 0.508 e. The third-order valence-corrected chi connectivity index (χ3v) is 2.25. The Balaban J connectivity index is 2.54. The van der Waals surface area contributed by atoms with Gasteiger partial charge in [0, 0.05) is 12.6 Å². The summed E-state index contributed by atoms with van der Waals surface area (Å²) in [6.07, 6.45) is 0. The second-order valence-corrected chi connectivity index (χ2v) is 3.33. The van der Waals surface area contributed by atoms with E-state index in [0.29, 0.717) is 10.6 Å². The summed E-state index contributed by atoms with van der Waals surface area (Å²) in [7, 11) is 1.79. The van der Waals surface area contributed by atoms with E-state index in [1.54, 1.807) is 29.9 Å². The molecular weight excluding hydrogens is 198 g/mol. The van der Waals surface area contributed by atoms with Crippen LogP contribution in [0.4, 0.5) is 0 Å². The van der Waals surface area contributed by atoms with E-state index in [0.717, 1.165) is 5.56 Å². The molecule has 72 valence electrons. The first-order chi connectivity index (χ1) is 6.66. The van der Waals surface area contributed by atoms with Gasteiger partial charge in [-0.05, 0) is 24.4 Å². The van der Waals surface area contributed by atoms with Crippen LogP contribution in [0.3, 0.4) is 0 Å². The minimum atomic E-state index is 0.215. The van der Waals surface area contributed by atoms with Crippen molar-refractivity contribution in [3.8, 4) is 17.1 Å². The van der Waals surface area contributed by atoms with Gasteiger partial charge in [-0.1, -0.05) is 12.1 Å². The molecule has 0 unspecified atom stereocenters. The molecule has 0 fully saturated rings. The molecule has 0 radical (unpaired) electrons. The number of aromatic nitrogens is 3. The van der Waals surface area contributed by atoms with E-state index < -0.39 is 0 Å². The number of benzene rings is 1. The van der Waals surface area contributed by atoms with Crippen molar-refractivity contribution in [3.63, 3.8) is 0 Å². The first-order valence-corrected chi connectivity index (χ1v) is 4.50. The van der Waals surface area contributed by atoms with Crippen LogP contribution in [-0.2, 0) is 7.05 Å². The lowest BCUT2D eigenvalue weighted by Crippen LogP contribution is -1.89. The van der Waals surface area contributed by atoms with Gasteiger partial charge in [0.2, 0.25) is 4.77 Å². The van der Waals surface area contributed by atoms with Crippen LogP contribution >= 0.6 is 12.2 Å². The fourth-order valence-corrected chi connectivity index (χ4v) is 1.32. The summed E-state index contributed by atoms with van der Waals surface area (Å²) in [4.78, 5) is 4.13. The van der Waals surface area contributed by atoms with E-state index in [4.69, 9.17) is 12.2 Å². The zero-order chi connectivity index (χ0) is 10.1. The van der Waals surface area contributed by atoms with Crippen molar-refractivity contribution in [2.75, 3.05) is 0 Å². The van der Waals surface area contributed by atoms with Gasteiger partial charge >= 0.3 is 0 Å². The fourth-order valence-electron chi connectivity index (χ4n) is 1.18. The maximum Gasteiger partial charge on any atom is 0.216 e. The highest BCUT2D eigenvalue weighted by Gasteiger charge is 2.02. The van der Waals surface area contributed by atoms with Crippen LogP contribution in [0.2, 0.25) is 0 Å². The number of nitrogens with zero attached hydrogens (tertiary/aromatic N) is 2. The molecule has 0 aliphatic heterocycles. The highest BCUT2D eigenvalue weighted by molar-refractivity contribution is 7.71. The second-order valence-electron chi connectivity index (χ2n) is 2.96. The summed E-state index contributed by atoms with van der Waals surface area (Å²) >= 11 is 4.97. The molecule has 0 saturated carbocycles. The van der Waals surface area contributed by atoms with Gasteiger partial charge in [0.15, 0.2) is 5.82 Å². The molecule has 1 aromatic heterocycles. The molecule has 0 saturated heterocycles. The summed E-state index contributed by atoms with van der Waals surface area (Å²) < 4.78 is 2.14. The Labute approximate surface area is 85.8 Å². The van der Waals surface area contributed by atoms with Crippen LogP contribution < -0.4 is 0 Å². The summed E-state index contributed by atoms with van der Waals surface area (Å²) in [5, 5.41) is 12.3. The summed E-state index contributed by atoms with van der Waals surface area (Å²) in [6.45, 7) is 0. The number of rotatable bonds is 1. The maximum atomic E-state index is 9.28. The molecular formula is C9H9N3OS. The molecule has 2 N–H and O–H groups in total. The molecule has 1 heterocycles. The second kappa shape index (κ2) is 3.26. The van der Waals surface area contributed by atoms with Crippen molar-refractivity contribution < 1.29 is 5.11 Å². The lowest BCUT2D eigenvalue weighted by molar-refractivity contribution is 0.475. The first-order valence-electron chi connectivity index (χ1n) is 4.09. The minimum absolute atomic E-state index is 0.215. The van der Waals surface area contributed by atoms with Gasteiger partial charge in [0.25, 0.3) is 0 Å². The molecule has 2 aromatic rings. The van der Waals surface area contributed by atoms with Crippen LogP contribution in [0, 0.1) is 4.77 Å². The zero-order valence-corrected chi connectivity index (χ0v) is 8.38. The predicted octanol–water partition coefficient (Wildman–Crippen LogP) is 1.85. The molecule has 5 heteroatoms. The van der Waals surface area contributed by atoms with Crippen molar-refractivity contribution in [1.29, 1.82) is 0 Å². The molecule has 1 aromatic carbocycles. The standard InChI is InChI=1S/C9H9N3OS/c1-12-9(14)10-8(11-12)6-3-2-4-7(13)5-6/h2-5,13H,1H3,(H,10,11,14). The molecule has 0 aliphatic carbocycles. The van der Waals surface area contributed by atoms with E-state index in [9.17, 15) is 5.11 Å². The van der Waals surface area contributed by atoms with Gasteiger partial charge in [-0.3, -0.25) is 9.78 Å². The lowest BCUT2D eigenvalue weighted by Gasteiger charge is -1.96. The van der Waals surface area contributed by atoms with Crippen molar-refractivity contribution in [1.82, 2.24) is 14.8 Å². The topological polar surface area (TPSA) is 53.8 Å². The SMILES string of the molecule is Cn1[nH]c(-c2cccc(O)c2)nc1=S. The Kier molecular flexibility index (Phi) is 2.09. The smallest absolute Gasteiger partial charge is 0.216 e. The van der Waals surface area contributed by atoms with E-state index >= 15 is 0 Å². The van der Waals surface area contributed by atoms with E-state index in [2.05, 4.69) is 10.1 Å². The van der Waals surface area contributed by atoms with Gasteiger partial charge in [-0.2, -0.15) is 4.98 Å². The molecule has 4 nitrogen and oxygen atoms in total. The Bertz CT molecular complexity index is 515. The summed E-state index contributed by atoms with van der Waals surface area (Å²) in [5.74, 6) is 0.876. The Morgan fingerprint density at radius 2 is 2.29 bits per heavy atom. The lowest BCUT2D eigenvalue weighted by atomic mass is 10.2. The van der Waals surface area contributed by atoms with Crippen molar-refractivity contribution in [2.24, 2.45) is 7.05 Å². The Morgan fingerprint density at radius 1 is 1.50 bits per heavy atom. The molecule has 0 atom stereocenters. The quantitative estimate of drug-likeness (QED) is 0.702. The third kappa shape index (κ3) is 1.54. The average molecular weight is 207 g/mol. The number of phenolic OH excluding ortho intramolecular Hbond substituents is 1. The summed E-state index contributed by atoms with van der Waals surface area (Å²) in [5.41, 5.74) is 0.816. The monoisotopic (exact) mass is 207 g/mol. The van der Waals surface area contributed by atoms with Crippen LogP contribution in [0.15, 0.2) is 24.3 Å². The highest BCUT2D eigenvalue weighted by Crippen LogP contribution is 2.19. The maximum absolute atomic E-state index is 9.28. The number of aromatic amines is 1. The van der Waals surface area contributed by atoms with E-state index in [1.165, 1.54) is 0 Å². The molecule has 0 spiro atoms. The Morgan fingerprint density at radius 3 is 2.86 bits per heavy atom. The third-order valence-electron chi connectivity index (χ3n) is 1.89. The number of aromatic hydroxyl groups is 1. The minimum Gasteiger partial charge on any atom is -0.508 e. The van der Waals surface area contributed by atoms with Gasteiger partial charge in [-0.15, -0.1) is 0 Å². The predicted molar refractivity (Wildman–Crippen MR) is 55.5 cm³/mol. The summed E-state index contributed by atoms with van der Waals surface area (Å²) in [6, 6.07) is 6.86. The van der Waals surface area contributed by atoms with Gasteiger partial charge < -0.3 is 5.11 Å². The number of aryl methyl sites for hydroxylation is 1. The van der Waals surface area contributed by atoms with Crippen molar-refractivity contribution >= 4 is 12.2 Å². The molecule has 0 bridgehead atoms. The number of hydrogen-bond acceptors (Lipinski definition) is 3. The Hall–Kier alpha value is -1.62. The molecule has 0 aliphatic rings. The van der Waals surface area contributed by atoms with Crippen LogP contribution in [0.25, 0.3) is 11.4 Å². The van der Waals surface area contributed by atoms with Crippen LogP contribution in [-0.4, -0.2) is 19.9 Å². The van der Waals surface area contributed by atoms with Crippen LogP contribution in [0.5, 0.6) is 5.75 Å². The van der Waals surface area contributed by atoms with Crippen LogP contribution in [0.1, 0.15) is 0 Å².